The van der Waals surface area contributed by atoms with Crippen LogP contribution in [0, 0.1) is 0 Å². The minimum Gasteiger partial charge on any atom is -0.482 e. The van der Waals surface area contributed by atoms with Gasteiger partial charge in [0.25, 0.3) is 5.91 Å². The van der Waals surface area contributed by atoms with Crippen LogP contribution in [0.1, 0.15) is 0 Å². The summed E-state index contributed by atoms with van der Waals surface area (Å²) in [6, 6.07) is 23.9. The van der Waals surface area contributed by atoms with Gasteiger partial charge in [0, 0.05) is 5.02 Å². The van der Waals surface area contributed by atoms with Crippen LogP contribution in [0.3, 0.4) is 0 Å². The zero-order chi connectivity index (χ0) is 18.4. The predicted octanol–water partition coefficient (Wildman–Crippen LogP) is 5.24. The van der Waals surface area contributed by atoms with Crippen LogP contribution >= 0.6 is 23.2 Å². The minimum atomic E-state index is -0.316. The summed E-state index contributed by atoms with van der Waals surface area (Å²) in [5.74, 6) is 0.0842. The Hall–Kier alpha value is -2.69. The average molecular weight is 387 g/mol. The Bertz CT molecular complexity index is 834. The molecule has 132 valence electrons. The van der Waals surface area contributed by atoms with E-state index >= 15 is 0 Å². The first-order valence-corrected chi connectivity index (χ1v) is 8.66. The van der Waals surface area contributed by atoms with Gasteiger partial charge in [-0.2, -0.15) is 0 Å². The van der Waals surface area contributed by atoms with Crippen molar-refractivity contribution < 1.29 is 9.53 Å². The summed E-state index contributed by atoms with van der Waals surface area (Å²) in [6.45, 7) is -0.183. The number of ether oxygens (including phenoxy) is 1. The van der Waals surface area contributed by atoms with Gasteiger partial charge in [-0.05, 0) is 42.5 Å². The number of nitrogens with one attached hydrogen (secondary N) is 1. The van der Waals surface area contributed by atoms with E-state index in [1.165, 1.54) is 0 Å². The molecule has 0 aliphatic heterocycles. The molecule has 0 saturated carbocycles. The number of benzene rings is 3. The van der Waals surface area contributed by atoms with E-state index in [-0.39, 0.29) is 12.5 Å². The minimum absolute atomic E-state index is 0.183. The highest BCUT2D eigenvalue weighted by Crippen LogP contribution is 2.27. The highest BCUT2D eigenvalue weighted by atomic mass is 35.5. The topological polar surface area (TPSA) is 41.6 Å². The van der Waals surface area contributed by atoms with Crippen molar-refractivity contribution in [2.45, 2.75) is 0 Å². The third kappa shape index (κ3) is 4.69. The SMILES string of the molecule is O=C(COc1ccc(Cl)cc1Cl)NN(c1ccccc1)c1ccccc1. The quantitative estimate of drug-likeness (QED) is 0.588. The highest BCUT2D eigenvalue weighted by Gasteiger charge is 2.13. The monoisotopic (exact) mass is 386 g/mol. The molecular weight excluding hydrogens is 371 g/mol. The normalized spacial score (nSPS) is 10.2. The lowest BCUT2D eigenvalue weighted by Crippen LogP contribution is -2.41. The van der Waals surface area contributed by atoms with Crippen LogP contribution in [-0.4, -0.2) is 12.5 Å². The number of carbonyl (C=O) groups excluding carboxylic acids is 1. The van der Waals surface area contributed by atoms with Crippen LogP contribution in [0.25, 0.3) is 0 Å². The second-order valence-electron chi connectivity index (χ2n) is 5.40. The third-order valence-corrected chi connectivity index (χ3v) is 4.05. The van der Waals surface area contributed by atoms with Gasteiger partial charge >= 0.3 is 0 Å². The largest absolute Gasteiger partial charge is 0.482 e. The molecule has 6 heteroatoms. The molecule has 0 aromatic heterocycles. The zero-order valence-corrected chi connectivity index (χ0v) is 15.2. The second-order valence-corrected chi connectivity index (χ2v) is 6.25. The van der Waals surface area contributed by atoms with Gasteiger partial charge in [-0.15, -0.1) is 0 Å². The van der Waals surface area contributed by atoms with Gasteiger partial charge < -0.3 is 4.74 Å². The summed E-state index contributed by atoms with van der Waals surface area (Å²) in [7, 11) is 0. The van der Waals surface area contributed by atoms with Crippen LogP contribution in [0.4, 0.5) is 11.4 Å². The van der Waals surface area contributed by atoms with Crippen LogP contribution in [0.2, 0.25) is 10.0 Å². The lowest BCUT2D eigenvalue weighted by Gasteiger charge is -2.25. The van der Waals surface area contributed by atoms with Crippen molar-refractivity contribution in [3.05, 3.63) is 88.9 Å². The van der Waals surface area contributed by atoms with Crippen molar-refractivity contribution in [1.82, 2.24) is 5.43 Å². The van der Waals surface area contributed by atoms with Crippen molar-refractivity contribution in [3.63, 3.8) is 0 Å². The van der Waals surface area contributed by atoms with Gasteiger partial charge in [0.05, 0.1) is 16.4 Å². The smallest absolute Gasteiger partial charge is 0.276 e. The summed E-state index contributed by atoms with van der Waals surface area (Å²) in [5, 5.41) is 2.56. The van der Waals surface area contributed by atoms with Gasteiger partial charge in [-0.3, -0.25) is 15.2 Å². The van der Waals surface area contributed by atoms with E-state index in [2.05, 4.69) is 5.43 Å². The fourth-order valence-electron chi connectivity index (χ4n) is 2.32. The number of anilines is 2. The summed E-state index contributed by atoms with van der Waals surface area (Å²) in [5.41, 5.74) is 4.51. The van der Waals surface area contributed by atoms with Gasteiger partial charge in [-0.25, -0.2) is 0 Å². The molecule has 26 heavy (non-hydrogen) atoms. The molecular formula is C20H16Cl2N2O2. The van der Waals surface area contributed by atoms with Crippen molar-refractivity contribution in [2.75, 3.05) is 11.6 Å². The summed E-state index contributed by atoms with van der Waals surface area (Å²) >= 11 is 11.9. The van der Waals surface area contributed by atoms with Crippen LogP contribution < -0.4 is 15.2 Å². The number of para-hydroxylation sites is 2. The Balaban J connectivity index is 1.71. The first-order chi connectivity index (χ1) is 12.6. The number of carbonyl (C=O) groups is 1. The number of hydrogen-bond donors (Lipinski definition) is 1. The number of nitrogens with zero attached hydrogens (tertiary/aromatic N) is 1. The van der Waals surface area contributed by atoms with E-state index in [1.807, 2.05) is 60.7 Å². The standard InChI is InChI=1S/C20H16Cl2N2O2/c21-15-11-12-19(18(22)13-15)26-14-20(25)23-24(16-7-3-1-4-8-16)17-9-5-2-6-10-17/h1-13H,14H2,(H,23,25). The van der Waals surface area contributed by atoms with E-state index < -0.39 is 0 Å². The molecule has 0 saturated heterocycles. The Labute approximate surface area is 161 Å². The fourth-order valence-corrected chi connectivity index (χ4v) is 2.79. The van der Waals surface area contributed by atoms with Gasteiger partial charge in [0.1, 0.15) is 5.75 Å². The summed E-state index contributed by atoms with van der Waals surface area (Å²) < 4.78 is 5.50. The van der Waals surface area contributed by atoms with Crippen molar-refractivity contribution in [1.29, 1.82) is 0 Å². The lowest BCUT2D eigenvalue weighted by molar-refractivity contribution is -0.123. The summed E-state index contributed by atoms with van der Waals surface area (Å²) in [4.78, 5) is 12.4. The van der Waals surface area contributed by atoms with E-state index in [1.54, 1.807) is 23.2 Å². The molecule has 3 rings (SSSR count). The molecule has 0 fully saturated rings. The Morgan fingerprint density at radius 1 is 0.885 bits per heavy atom. The second kappa shape index (κ2) is 8.61. The molecule has 1 amide bonds. The highest BCUT2D eigenvalue weighted by molar-refractivity contribution is 6.35. The average Bonchev–Trinajstić information content (AvgIpc) is 2.67. The number of rotatable bonds is 6. The molecule has 0 spiro atoms. The first kappa shape index (κ1) is 18.1. The predicted molar refractivity (Wildman–Crippen MR) is 105 cm³/mol. The summed E-state index contributed by atoms with van der Waals surface area (Å²) in [6.07, 6.45) is 0. The first-order valence-electron chi connectivity index (χ1n) is 7.91. The molecule has 0 atom stereocenters. The Kier molecular flexibility index (Phi) is 6.00. The number of hydrazine groups is 1. The molecule has 0 radical (unpaired) electrons. The number of halogens is 2. The van der Waals surface area contributed by atoms with E-state index in [9.17, 15) is 4.79 Å². The van der Waals surface area contributed by atoms with Crippen molar-refractivity contribution >= 4 is 40.5 Å². The maximum atomic E-state index is 12.4. The molecule has 3 aromatic rings. The Morgan fingerprint density at radius 2 is 1.46 bits per heavy atom. The number of hydrogen-bond acceptors (Lipinski definition) is 3. The zero-order valence-electron chi connectivity index (χ0n) is 13.7. The maximum Gasteiger partial charge on any atom is 0.276 e. The van der Waals surface area contributed by atoms with Crippen molar-refractivity contribution in [2.24, 2.45) is 0 Å². The molecule has 0 heterocycles. The number of amides is 1. The molecule has 0 unspecified atom stereocenters. The molecule has 4 nitrogen and oxygen atoms in total. The lowest BCUT2D eigenvalue weighted by atomic mass is 10.2. The molecule has 0 bridgehead atoms. The van der Waals surface area contributed by atoms with Gasteiger partial charge in [0.15, 0.2) is 6.61 Å². The molecule has 0 aliphatic rings. The van der Waals surface area contributed by atoms with Crippen LogP contribution in [0.15, 0.2) is 78.9 Å². The maximum absolute atomic E-state index is 12.4. The van der Waals surface area contributed by atoms with Gasteiger partial charge in [-0.1, -0.05) is 59.6 Å². The van der Waals surface area contributed by atoms with Crippen LogP contribution in [0.5, 0.6) is 5.75 Å². The van der Waals surface area contributed by atoms with E-state index in [0.29, 0.717) is 15.8 Å². The van der Waals surface area contributed by atoms with E-state index in [4.69, 9.17) is 27.9 Å². The molecule has 0 aliphatic carbocycles. The third-order valence-electron chi connectivity index (χ3n) is 3.52. The molecule has 1 N–H and O–H groups in total. The molecule has 3 aromatic carbocycles. The van der Waals surface area contributed by atoms with Crippen LogP contribution in [-0.2, 0) is 4.79 Å². The van der Waals surface area contributed by atoms with Gasteiger partial charge in [0.2, 0.25) is 0 Å². The van der Waals surface area contributed by atoms with Crippen molar-refractivity contribution in [3.8, 4) is 5.75 Å². The van der Waals surface area contributed by atoms with E-state index in [0.717, 1.165) is 11.4 Å². The Morgan fingerprint density at radius 3 is 2.00 bits per heavy atom. The fraction of sp³-hybridized carbons (Fsp3) is 0.0500.